The molecule has 1 heterocycles. The molecule has 1 rings (SSSR count). The van der Waals surface area contributed by atoms with E-state index in [0.29, 0.717) is 19.3 Å². The van der Waals surface area contributed by atoms with Crippen LogP contribution in [-0.2, 0) is 23.8 Å². The molecule has 11 nitrogen and oxygen atoms in total. The third-order valence-corrected chi connectivity index (χ3v) is 18.9. The molecule has 526 valence electrons. The molecule has 0 bridgehead atoms. The van der Waals surface area contributed by atoms with E-state index < -0.39 is 67.4 Å². The Bertz CT molecular complexity index is 1550. The van der Waals surface area contributed by atoms with Crippen LogP contribution in [0.5, 0.6) is 0 Å². The van der Waals surface area contributed by atoms with E-state index >= 15 is 0 Å². The number of amides is 1. The van der Waals surface area contributed by atoms with Gasteiger partial charge in [0.2, 0.25) is 5.91 Å². The topological polar surface area (TPSA) is 175 Å². The van der Waals surface area contributed by atoms with Crippen molar-refractivity contribution in [2.24, 2.45) is 0 Å². The van der Waals surface area contributed by atoms with E-state index in [1.54, 1.807) is 6.08 Å². The predicted molar refractivity (Wildman–Crippen MR) is 375 cm³/mol. The first kappa shape index (κ1) is 85.2. The van der Waals surface area contributed by atoms with Crippen LogP contribution >= 0.6 is 0 Å². The molecule has 0 spiro atoms. The summed E-state index contributed by atoms with van der Waals surface area (Å²) in [6.45, 7) is 5.86. The molecule has 1 aliphatic heterocycles. The lowest BCUT2D eigenvalue weighted by atomic mass is 9.99. The van der Waals surface area contributed by atoms with Gasteiger partial charge in [0.15, 0.2) is 12.4 Å². The number of nitrogens with one attached hydrogen (secondary N) is 1. The number of carbonyl (C=O) groups excluding carboxylic acids is 2. The van der Waals surface area contributed by atoms with Crippen LogP contribution in [0, 0.1) is 0 Å². The van der Waals surface area contributed by atoms with Crippen LogP contribution in [0.25, 0.3) is 0 Å². The van der Waals surface area contributed by atoms with Gasteiger partial charge in [-0.25, -0.2) is 0 Å². The molecule has 0 radical (unpaired) electrons. The highest BCUT2D eigenvalue weighted by molar-refractivity contribution is 5.80. The molecule has 6 N–H and O–H groups in total. The maximum Gasteiger partial charge on any atom is 0.306 e. The van der Waals surface area contributed by atoms with E-state index in [2.05, 4.69) is 38.2 Å². The Morgan fingerprint density at radius 3 is 1.09 bits per heavy atom. The molecular formula is C78H149NO10. The van der Waals surface area contributed by atoms with E-state index in [4.69, 9.17) is 14.2 Å². The number of carbonyl (C=O) groups is 2. The summed E-state index contributed by atoms with van der Waals surface area (Å²) in [5, 5.41) is 57.3. The Balaban J connectivity index is 2.47. The normalized spacial score (nSPS) is 18.1. The van der Waals surface area contributed by atoms with Crippen molar-refractivity contribution < 1.29 is 49.3 Å². The number of hydrogen-bond acceptors (Lipinski definition) is 10. The van der Waals surface area contributed by atoms with Gasteiger partial charge < -0.3 is 45.1 Å². The molecule has 0 aromatic heterocycles. The Kier molecular flexibility index (Phi) is 63.3. The first-order valence-electron chi connectivity index (χ1n) is 39.1. The molecule has 8 atom stereocenters. The largest absolute Gasteiger partial charge is 0.454 e. The maximum absolute atomic E-state index is 13.5. The van der Waals surface area contributed by atoms with Gasteiger partial charge in [-0.1, -0.05) is 366 Å². The molecule has 1 saturated heterocycles. The van der Waals surface area contributed by atoms with Crippen LogP contribution in [-0.4, -0.2) is 99.6 Å². The van der Waals surface area contributed by atoms with Crippen LogP contribution in [0.1, 0.15) is 400 Å². The molecule has 0 aliphatic carbocycles. The van der Waals surface area contributed by atoms with Crippen LogP contribution in [0.3, 0.4) is 0 Å². The molecule has 0 aromatic carbocycles. The molecule has 11 heteroatoms. The molecule has 89 heavy (non-hydrogen) atoms. The molecule has 1 amide bonds. The van der Waals surface area contributed by atoms with Gasteiger partial charge in [-0.15, -0.1) is 0 Å². The average molecular weight is 1260 g/mol. The summed E-state index contributed by atoms with van der Waals surface area (Å²) in [5.41, 5.74) is 0. The van der Waals surface area contributed by atoms with Crippen molar-refractivity contribution in [3.8, 4) is 0 Å². The van der Waals surface area contributed by atoms with Crippen LogP contribution < -0.4 is 5.32 Å². The van der Waals surface area contributed by atoms with Crippen molar-refractivity contribution in [1.29, 1.82) is 0 Å². The van der Waals surface area contributed by atoms with Gasteiger partial charge in [0.05, 0.1) is 25.4 Å². The van der Waals surface area contributed by atoms with Crippen LogP contribution in [0.4, 0.5) is 0 Å². The zero-order chi connectivity index (χ0) is 64.6. The first-order valence-corrected chi connectivity index (χ1v) is 39.1. The summed E-state index contributed by atoms with van der Waals surface area (Å²) in [5.74, 6) is -1.17. The van der Waals surface area contributed by atoms with Crippen molar-refractivity contribution in [3.63, 3.8) is 0 Å². The van der Waals surface area contributed by atoms with Crippen LogP contribution in [0.2, 0.25) is 0 Å². The Morgan fingerprint density at radius 1 is 0.427 bits per heavy atom. The second-order valence-electron chi connectivity index (χ2n) is 27.5. The molecular weight excluding hydrogens is 1110 g/mol. The van der Waals surface area contributed by atoms with Gasteiger partial charge in [-0.2, -0.15) is 0 Å². The number of esters is 1. The molecule has 0 saturated carbocycles. The number of hydrogen-bond donors (Lipinski definition) is 6. The van der Waals surface area contributed by atoms with E-state index in [-0.39, 0.29) is 13.0 Å². The maximum atomic E-state index is 13.5. The quantitative estimate of drug-likeness (QED) is 0.0195. The van der Waals surface area contributed by atoms with Gasteiger partial charge in [-0.05, 0) is 51.4 Å². The number of ether oxygens (including phenoxy) is 3. The van der Waals surface area contributed by atoms with Crippen molar-refractivity contribution in [2.75, 3.05) is 13.2 Å². The third kappa shape index (κ3) is 53.1. The van der Waals surface area contributed by atoms with E-state index in [1.807, 2.05) is 6.08 Å². The van der Waals surface area contributed by atoms with Crippen molar-refractivity contribution in [1.82, 2.24) is 5.32 Å². The zero-order valence-corrected chi connectivity index (χ0v) is 58.8. The van der Waals surface area contributed by atoms with Gasteiger partial charge in [0.25, 0.3) is 0 Å². The van der Waals surface area contributed by atoms with Gasteiger partial charge in [-0.3, -0.25) is 9.59 Å². The minimum atomic E-state index is -1.61. The lowest BCUT2D eigenvalue weighted by Crippen LogP contribution is -2.61. The fourth-order valence-corrected chi connectivity index (χ4v) is 12.7. The molecule has 1 aliphatic rings. The molecule has 0 aromatic rings. The van der Waals surface area contributed by atoms with Crippen molar-refractivity contribution >= 4 is 11.9 Å². The van der Waals surface area contributed by atoms with Crippen LogP contribution in [0.15, 0.2) is 24.3 Å². The lowest BCUT2D eigenvalue weighted by Gasteiger charge is -2.41. The Morgan fingerprint density at radius 2 is 0.742 bits per heavy atom. The summed E-state index contributed by atoms with van der Waals surface area (Å²) in [7, 11) is 0. The predicted octanol–water partition coefficient (Wildman–Crippen LogP) is 20.7. The van der Waals surface area contributed by atoms with Gasteiger partial charge in [0.1, 0.15) is 24.4 Å². The number of aliphatic hydroxyl groups excluding tert-OH is 5. The average Bonchev–Trinajstić information content (AvgIpc) is 2.45. The highest BCUT2D eigenvalue weighted by Gasteiger charge is 2.47. The Labute approximate surface area is 550 Å². The number of rotatable bonds is 69. The summed E-state index contributed by atoms with van der Waals surface area (Å²) >= 11 is 0. The van der Waals surface area contributed by atoms with E-state index in [1.165, 1.54) is 295 Å². The van der Waals surface area contributed by atoms with Crippen molar-refractivity contribution in [2.45, 2.75) is 449 Å². The van der Waals surface area contributed by atoms with Gasteiger partial charge in [0, 0.05) is 6.42 Å². The standard InChI is InChI=1S/C78H149NO10/c1-4-7-10-13-16-19-22-24-26-28-30-32-34-35-36-38-39-41-43-45-47-50-53-56-59-62-65-71(82)77(86)79-69(70(81)64-61-58-55-52-49-21-18-15-12-9-6-3)68-87-78-76(75(85)74(84)72(67-80)88-78)89-73(83)66-63-60-57-54-51-48-46-44-42-40-37-33-31-29-27-25-23-20-17-14-11-8-5-2/h24,26,61,64,69-72,74-76,78,80-82,84-85H,4-23,25,27-60,62-63,65-68H2,1-3H3,(H,79,86)/b26-24+,64-61+. The fourth-order valence-electron chi connectivity index (χ4n) is 12.7. The van der Waals surface area contributed by atoms with Crippen molar-refractivity contribution in [3.05, 3.63) is 24.3 Å². The summed E-state index contributed by atoms with van der Waals surface area (Å²) in [6, 6.07) is -1.02. The van der Waals surface area contributed by atoms with E-state index in [9.17, 15) is 35.1 Å². The van der Waals surface area contributed by atoms with E-state index in [0.717, 1.165) is 57.8 Å². The monoisotopic (exact) mass is 1260 g/mol. The highest BCUT2D eigenvalue weighted by Crippen LogP contribution is 2.27. The summed E-state index contributed by atoms with van der Waals surface area (Å²) < 4.78 is 17.7. The zero-order valence-electron chi connectivity index (χ0n) is 58.8. The minimum Gasteiger partial charge on any atom is -0.454 e. The molecule has 1 fully saturated rings. The van der Waals surface area contributed by atoms with Gasteiger partial charge >= 0.3 is 5.97 Å². The smallest absolute Gasteiger partial charge is 0.306 e. The third-order valence-electron chi connectivity index (χ3n) is 18.9. The minimum absolute atomic E-state index is 0.131. The molecule has 8 unspecified atom stereocenters. The lowest BCUT2D eigenvalue weighted by molar-refractivity contribution is -0.305. The second kappa shape index (κ2) is 66.2. The number of allylic oxidation sites excluding steroid dienone is 3. The first-order chi connectivity index (χ1) is 43.7. The summed E-state index contributed by atoms with van der Waals surface area (Å²) in [4.78, 5) is 26.7. The number of unbranched alkanes of at least 4 members (excludes halogenated alkanes) is 53. The summed E-state index contributed by atoms with van der Waals surface area (Å²) in [6.07, 6.45) is 71.0. The Hall–Kier alpha value is -1.86. The highest BCUT2D eigenvalue weighted by atomic mass is 16.7. The second-order valence-corrected chi connectivity index (χ2v) is 27.5. The fraction of sp³-hybridized carbons (Fsp3) is 0.923. The number of aliphatic hydroxyl groups is 5. The SMILES string of the molecule is CCCCCCCC/C=C/CCCCCCCCCCCCCCCCCCC(O)C(=O)NC(COC1OC(CO)C(O)C(O)C1OC(=O)CCCCCCCCCCCCCCCCCCCCCCCCC)C(O)/C=C/CCCCCCCCCCC.